The van der Waals surface area contributed by atoms with E-state index >= 15 is 0 Å². The van der Waals surface area contributed by atoms with Crippen molar-refractivity contribution in [3.05, 3.63) is 89.7 Å². The van der Waals surface area contributed by atoms with E-state index in [-0.39, 0.29) is 18.1 Å². The summed E-state index contributed by atoms with van der Waals surface area (Å²) in [7, 11) is 1.40. The van der Waals surface area contributed by atoms with Crippen molar-refractivity contribution in [2.24, 2.45) is 0 Å². The van der Waals surface area contributed by atoms with Gasteiger partial charge in [-0.15, -0.1) is 0 Å². The van der Waals surface area contributed by atoms with E-state index in [4.69, 9.17) is 14.6 Å². The fourth-order valence-electron chi connectivity index (χ4n) is 2.71. The molecule has 3 aromatic rings. The van der Waals surface area contributed by atoms with Crippen molar-refractivity contribution in [1.82, 2.24) is 9.88 Å². The lowest BCUT2D eigenvalue weighted by atomic mass is 10.2. The summed E-state index contributed by atoms with van der Waals surface area (Å²) in [5, 5.41) is 8.96. The molecule has 0 aliphatic heterocycles. The lowest BCUT2D eigenvalue weighted by Crippen LogP contribution is -2.32. The highest BCUT2D eigenvalue weighted by molar-refractivity contribution is 5.96. The minimum atomic E-state index is -1.11. The van der Waals surface area contributed by atoms with Crippen molar-refractivity contribution < 1.29 is 24.2 Å². The van der Waals surface area contributed by atoms with E-state index in [9.17, 15) is 9.59 Å². The summed E-state index contributed by atoms with van der Waals surface area (Å²) in [6.07, 6.45) is 1.43. The number of carbonyl (C=O) groups excluding carboxylic acids is 1. The monoisotopic (exact) mass is 406 g/mol. The molecule has 0 spiro atoms. The van der Waals surface area contributed by atoms with Gasteiger partial charge in [0, 0.05) is 13.1 Å². The number of nitrogens with zero attached hydrogens (tertiary/aromatic N) is 2. The molecule has 0 saturated carbocycles. The summed E-state index contributed by atoms with van der Waals surface area (Å²) in [5.41, 5.74) is 1.94. The number of carboxylic acid groups (broad SMARTS) is 1. The zero-order chi connectivity index (χ0) is 21.3. The van der Waals surface area contributed by atoms with Crippen LogP contribution in [0.3, 0.4) is 0 Å². The van der Waals surface area contributed by atoms with Gasteiger partial charge in [-0.25, -0.2) is 4.98 Å². The number of carboxylic acids is 1. The molecule has 0 fully saturated rings. The first-order valence-corrected chi connectivity index (χ1v) is 9.33. The maximum Gasteiger partial charge on any atom is 0.323 e. The third kappa shape index (κ3) is 5.81. The standard InChI is InChI=1S/C23H22N2O5/c1-25(14-21(26)27)23(28)22-20(30-16-18-10-6-3-7-11-18)12-19(13-24-22)29-15-17-8-4-2-5-9-17/h2-13H,14-16H2,1H3,(H,26,27). The van der Waals surface area contributed by atoms with Crippen LogP contribution in [0, 0.1) is 0 Å². The quantitative estimate of drug-likeness (QED) is 0.586. The van der Waals surface area contributed by atoms with Gasteiger partial charge in [0.2, 0.25) is 0 Å². The minimum Gasteiger partial charge on any atom is -0.487 e. The molecule has 0 saturated heterocycles. The third-order valence-corrected chi connectivity index (χ3v) is 4.23. The fraction of sp³-hybridized carbons (Fsp3) is 0.174. The number of hydrogen-bond acceptors (Lipinski definition) is 5. The zero-order valence-corrected chi connectivity index (χ0v) is 16.5. The number of pyridine rings is 1. The molecule has 0 unspecified atom stereocenters. The van der Waals surface area contributed by atoms with Crippen LogP contribution in [0.4, 0.5) is 0 Å². The Labute approximate surface area is 174 Å². The summed E-state index contributed by atoms with van der Waals surface area (Å²) >= 11 is 0. The Balaban J connectivity index is 1.81. The summed E-state index contributed by atoms with van der Waals surface area (Å²) in [6, 6.07) is 20.7. The normalized spacial score (nSPS) is 10.3. The molecule has 1 N–H and O–H groups in total. The van der Waals surface area contributed by atoms with Gasteiger partial charge in [0.15, 0.2) is 11.4 Å². The van der Waals surface area contributed by atoms with Crippen LogP contribution in [0.2, 0.25) is 0 Å². The topological polar surface area (TPSA) is 89.0 Å². The van der Waals surface area contributed by atoms with Crippen molar-refractivity contribution in [2.45, 2.75) is 13.2 Å². The lowest BCUT2D eigenvalue weighted by molar-refractivity contribution is -0.137. The smallest absolute Gasteiger partial charge is 0.323 e. The maximum atomic E-state index is 12.7. The van der Waals surface area contributed by atoms with E-state index < -0.39 is 18.4 Å². The van der Waals surface area contributed by atoms with Crippen LogP contribution < -0.4 is 9.47 Å². The van der Waals surface area contributed by atoms with Crippen LogP contribution in [0.15, 0.2) is 72.9 Å². The van der Waals surface area contributed by atoms with Gasteiger partial charge in [-0.1, -0.05) is 60.7 Å². The first-order valence-electron chi connectivity index (χ1n) is 9.33. The molecule has 1 aromatic heterocycles. The molecule has 2 aromatic carbocycles. The van der Waals surface area contributed by atoms with Crippen molar-refractivity contribution in [3.8, 4) is 11.5 Å². The van der Waals surface area contributed by atoms with Crippen LogP contribution in [0.5, 0.6) is 11.5 Å². The molecule has 7 heteroatoms. The second-order valence-corrected chi connectivity index (χ2v) is 6.62. The molecular formula is C23H22N2O5. The van der Waals surface area contributed by atoms with Crippen LogP contribution >= 0.6 is 0 Å². The van der Waals surface area contributed by atoms with Crippen LogP contribution in [0.1, 0.15) is 21.6 Å². The second kappa shape index (κ2) is 10.1. The molecule has 1 amide bonds. The highest BCUT2D eigenvalue weighted by atomic mass is 16.5. The van der Waals surface area contributed by atoms with Crippen molar-refractivity contribution in [3.63, 3.8) is 0 Å². The number of benzene rings is 2. The van der Waals surface area contributed by atoms with Gasteiger partial charge < -0.3 is 19.5 Å². The van der Waals surface area contributed by atoms with E-state index in [1.165, 1.54) is 13.2 Å². The molecule has 30 heavy (non-hydrogen) atoms. The van der Waals surface area contributed by atoms with Gasteiger partial charge >= 0.3 is 5.97 Å². The number of aliphatic carboxylic acids is 1. The Bertz CT molecular complexity index is 993. The van der Waals surface area contributed by atoms with Gasteiger partial charge in [0.05, 0.1) is 6.20 Å². The van der Waals surface area contributed by atoms with Gasteiger partial charge in [0.1, 0.15) is 25.5 Å². The summed E-state index contributed by atoms with van der Waals surface area (Å²) < 4.78 is 11.6. The average Bonchev–Trinajstić information content (AvgIpc) is 2.77. The molecule has 154 valence electrons. The first kappa shape index (κ1) is 20.9. The molecular weight excluding hydrogens is 384 g/mol. The van der Waals surface area contributed by atoms with Gasteiger partial charge in [-0.05, 0) is 11.1 Å². The van der Waals surface area contributed by atoms with Crippen molar-refractivity contribution >= 4 is 11.9 Å². The zero-order valence-electron chi connectivity index (χ0n) is 16.5. The molecule has 0 aliphatic rings. The molecule has 0 atom stereocenters. The van der Waals surface area contributed by atoms with Crippen molar-refractivity contribution in [2.75, 3.05) is 13.6 Å². The SMILES string of the molecule is CN(CC(=O)O)C(=O)c1ncc(OCc2ccccc2)cc1OCc1ccccc1. The molecule has 0 aliphatic carbocycles. The number of rotatable bonds is 9. The van der Waals surface area contributed by atoms with E-state index in [2.05, 4.69) is 4.98 Å². The summed E-state index contributed by atoms with van der Waals surface area (Å²) in [5.74, 6) is -0.985. The number of ether oxygens (including phenoxy) is 2. The largest absolute Gasteiger partial charge is 0.487 e. The summed E-state index contributed by atoms with van der Waals surface area (Å²) in [4.78, 5) is 28.9. The average molecular weight is 406 g/mol. The number of amides is 1. The van der Waals surface area contributed by atoms with E-state index in [1.54, 1.807) is 6.07 Å². The Hall–Kier alpha value is -3.87. The molecule has 0 radical (unpaired) electrons. The number of likely N-dealkylation sites (N-methyl/N-ethyl adjacent to an activating group) is 1. The van der Waals surface area contributed by atoms with E-state index in [1.807, 2.05) is 60.7 Å². The van der Waals surface area contributed by atoms with E-state index in [0.717, 1.165) is 16.0 Å². The van der Waals surface area contributed by atoms with Crippen LogP contribution in [0.25, 0.3) is 0 Å². The van der Waals surface area contributed by atoms with Gasteiger partial charge in [-0.2, -0.15) is 0 Å². The Morgan fingerprint density at radius 1 is 0.933 bits per heavy atom. The van der Waals surface area contributed by atoms with Crippen LogP contribution in [-0.2, 0) is 18.0 Å². The number of carbonyl (C=O) groups is 2. The van der Waals surface area contributed by atoms with Gasteiger partial charge in [0.25, 0.3) is 5.91 Å². The van der Waals surface area contributed by atoms with E-state index in [0.29, 0.717) is 12.4 Å². The lowest BCUT2D eigenvalue weighted by Gasteiger charge is -2.17. The molecule has 7 nitrogen and oxygen atoms in total. The highest BCUT2D eigenvalue weighted by Crippen LogP contribution is 2.25. The molecule has 0 bridgehead atoms. The highest BCUT2D eigenvalue weighted by Gasteiger charge is 2.21. The second-order valence-electron chi connectivity index (χ2n) is 6.62. The first-order chi connectivity index (χ1) is 14.5. The maximum absolute atomic E-state index is 12.7. The number of hydrogen-bond donors (Lipinski definition) is 1. The fourth-order valence-corrected chi connectivity index (χ4v) is 2.71. The predicted octanol–water partition coefficient (Wildman–Crippen LogP) is 3.40. The summed E-state index contributed by atoms with van der Waals surface area (Å²) in [6.45, 7) is 0.130. The third-order valence-electron chi connectivity index (χ3n) is 4.23. The predicted molar refractivity (Wildman–Crippen MR) is 110 cm³/mol. The van der Waals surface area contributed by atoms with Crippen molar-refractivity contribution in [1.29, 1.82) is 0 Å². The van der Waals surface area contributed by atoms with Crippen LogP contribution in [-0.4, -0.2) is 40.5 Å². The Kier molecular flexibility index (Phi) is 7.00. The van der Waals surface area contributed by atoms with Gasteiger partial charge in [-0.3, -0.25) is 9.59 Å². The molecule has 3 rings (SSSR count). The Morgan fingerprint density at radius 2 is 1.50 bits per heavy atom. The Morgan fingerprint density at radius 3 is 2.07 bits per heavy atom. The number of aromatic nitrogens is 1. The minimum absolute atomic E-state index is 0.0294. The molecule has 1 heterocycles.